The number of halogens is 3. The first-order chi connectivity index (χ1) is 8.19. The molecular formula is C12H9BrCl2N2. The quantitative estimate of drug-likeness (QED) is 0.802. The summed E-state index contributed by atoms with van der Waals surface area (Å²) in [6.45, 7) is 0. The number of hydrogen-bond donors (Lipinski definition) is 1. The van der Waals surface area contributed by atoms with Crippen LogP contribution in [0.5, 0.6) is 0 Å². The van der Waals surface area contributed by atoms with Gasteiger partial charge in [-0.25, -0.2) is 4.98 Å². The van der Waals surface area contributed by atoms with Gasteiger partial charge in [0, 0.05) is 22.2 Å². The fraction of sp³-hybridized carbons (Fsp3) is 0.0833. The number of nitrogens with one attached hydrogen (secondary N) is 1. The second-order valence-electron chi connectivity index (χ2n) is 3.44. The molecule has 2 aromatic rings. The summed E-state index contributed by atoms with van der Waals surface area (Å²) in [4.78, 5) is 4.20. The van der Waals surface area contributed by atoms with E-state index < -0.39 is 0 Å². The van der Waals surface area contributed by atoms with Gasteiger partial charge in [-0.15, -0.1) is 11.6 Å². The van der Waals surface area contributed by atoms with Crippen LogP contribution in [0.3, 0.4) is 0 Å². The van der Waals surface area contributed by atoms with Crippen molar-refractivity contribution in [3.8, 4) is 0 Å². The van der Waals surface area contributed by atoms with Crippen molar-refractivity contribution in [3.05, 3.63) is 51.6 Å². The predicted molar refractivity (Wildman–Crippen MR) is 76.2 cm³/mol. The first-order valence-electron chi connectivity index (χ1n) is 4.92. The van der Waals surface area contributed by atoms with Crippen LogP contribution in [0.25, 0.3) is 0 Å². The Morgan fingerprint density at radius 1 is 1.24 bits per heavy atom. The van der Waals surface area contributed by atoms with Crippen molar-refractivity contribution >= 4 is 50.6 Å². The lowest BCUT2D eigenvalue weighted by Gasteiger charge is -2.07. The summed E-state index contributed by atoms with van der Waals surface area (Å²) in [5.74, 6) is 1.14. The Morgan fingerprint density at radius 2 is 1.94 bits per heavy atom. The van der Waals surface area contributed by atoms with E-state index in [0.29, 0.717) is 16.7 Å². The zero-order chi connectivity index (χ0) is 12.3. The molecule has 1 N–H and O–H groups in total. The van der Waals surface area contributed by atoms with Crippen molar-refractivity contribution in [2.75, 3.05) is 5.32 Å². The molecule has 2 rings (SSSR count). The minimum absolute atomic E-state index is 0.511. The maximum absolute atomic E-state index is 6.06. The van der Waals surface area contributed by atoms with E-state index in [-0.39, 0.29) is 0 Å². The first kappa shape index (κ1) is 12.7. The average molecular weight is 332 g/mol. The Labute approximate surface area is 118 Å². The number of nitrogens with zero attached hydrogens (tertiary/aromatic N) is 1. The molecule has 0 fully saturated rings. The summed E-state index contributed by atoms with van der Waals surface area (Å²) in [6.07, 6.45) is 1.70. The molecule has 0 spiro atoms. The zero-order valence-corrected chi connectivity index (χ0v) is 11.9. The highest BCUT2D eigenvalue weighted by atomic mass is 79.9. The minimum atomic E-state index is 0.511. The van der Waals surface area contributed by atoms with E-state index in [4.69, 9.17) is 23.2 Å². The number of anilines is 2. The van der Waals surface area contributed by atoms with Gasteiger partial charge in [0.15, 0.2) is 0 Å². The fourth-order valence-electron chi connectivity index (χ4n) is 1.32. The molecule has 0 saturated carbocycles. The third-order valence-corrected chi connectivity index (χ3v) is 3.21. The van der Waals surface area contributed by atoms with E-state index in [1.807, 2.05) is 24.3 Å². The largest absolute Gasteiger partial charge is 0.339 e. The van der Waals surface area contributed by atoms with Gasteiger partial charge in [0.05, 0.1) is 5.02 Å². The van der Waals surface area contributed by atoms with Crippen LogP contribution in [0.2, 0.25) is 5.02 Å². The summed E-state index contributed by atoms with van der Waals surface area (Å²) in [5, 5.41) is 3.71. The molecule has 0 atom stereocenters. The van der Waals surface area contributed by atoms with Crippen molar-refractivity contribution < 1.29 is 0 Å². The van der Waals surface area contributed by atoms with Gasteiger partial charge in [-0.05, 0) is 39.7 Å². The maximum atomic E-state index is 6.06. The summed E-state index contributed by atoms with van der Waals surface area (Å²) in [6, 6.07) is 9.60. The van der Waals surface area contributed by atoms with Gasteiger partial charge >= 0.3 is 0 Å². The molecular weight excluding hydrogens is 323 g/mol. The first-order valence-corrected chi connectivity index (χ1v) is 6.62. The molecule has 0 saturated heterocycles. The van der Waals surface area contributed by atoms with Gasteiger partial charge in [0.25, 0.3) is 0 Å². The standard InChI is InChI=1S/C12H9BrCl2N2/c13-9-5-11(15)12(16-7-9)17-10-3-1-8(6-14)2-4-10/h1-5,7H,6H2,(H,16,17). The van der Waals surface area contributed by atoms with E-state index in [1.54, 1.807) is 12.3 Å². The summed E-state index contributed by atoms with van der Waals surface area (Å²) in [7, 11) is 0. The zero-order valence-electron chi connectivity index (χ0n) is 8.75. The van der Waals surface area contributed by atoms with Crippen LogP contribution in [0, 0.1) is 0 Å². The Balaban J connectivity index is 2.19. The van der Waals surface area contributed by atoms with Crippen molar-refractivity contribution in [3.63, 3.8) is 0 Å². The molecule has 1 aromatic carbocycles. The lowest BCUT2D eigenvalue weighted by atomic mass is 10.2. The van der Waals surface area contributed by atoms with Crippen molar-refractivity contribution in [1.29, 1.82) is 0 Å². The van der Waals surface area contributed by atoms with Crippen LogP contribution in [-0.2, 0) is 5.88 Å². The molecule has 1 aromatic heterocycles. The van der Waals surface area contributed by atoms with Crippen LogP contribution < -0.4 is 5.32 Å². The molecule has 0 unspecified atom stereocenters. The van der Waals surface area contributed by atoms with E-state index >= 15 is 0 Å². The number of pyridine rings is 1. The van der Waals surface area contributed by atoms with Crippen LogP contribution in [-0.4, -0.2) is 4.98 Å². The van der Waals surface area contributed by atoms with Gasteiger partial charge in [0.1, 0.15) is 5.82 Å². The molecule has 0 aliphatic heterocycles. The van der Waals surface area contributed by atoms with Gasteiger partial charge in [0.2, 0.25) is 0 Å². The molecule has 0 radical (unpaired) electrons. The number of alkyl halides is 1. The molecule has 0 bridgehead atoms. The number of hydrogen-bond acceptors (Lipinski definition) is 2. The molecule has 0 aliphatic carbocycles. The molecule has 5 heteroatoms. The number of aromatic nitrogens is 1. The third kappa shape index (κ3) is 3.35. The molecule has 1 heterocycles. The van der Waals surface area contributed by atoms with Crippen molar-refractivity contribution in [2.24, 2.45) is 0 Å². The molecule has 88 valence electrons. The third-order valence-electron chi connectivity index (χ3n) is 2.18. The Morgan fingerprint density at radius 3 is 2.53 bits per heavy atom. The Hall–Kier alpha value is -0.770. The highest BCUT2D eigenvalue weighted by molar-refractivity contribution is 9.10. The average Bonchev–Trinajstić information content (AvgIpc) is 2.34. The Kier molecular flexibility index (Phi) is 4.26. The number of rotatable bonds is 3. The summed E-state index contributed by atoms with van der Waals surface area (Å²) < 4.78 is 0.852. The Bertz CT molecular complexity index is 514. The normalized spacial score (nSPS) is 10.3. The van der Waals surface area contributed by atoms with Crippen LogP contribution in [0.4, 0.5) is 11.5 Å². The van der Waals surface area contributed by atoms with E-state index in [1.165, 1.54) is 0 Å². The van der Waals surface area contributed by atoms with E-state index in [2.05, 4.69) is 26.2 Å². The number of benzene rings is 1. The van der Waals surface area contributed by atoms with Crippen LogP contribution in [0.15, 0.2) is 41.0 Å². The fourth-order valence-corrected chi connectivity index (χ4v) is 2.18. The van der Waals surface area contributed by atoms with Gasteiger partial charge in [-0.2, -0.15) is 0 Å². The van der Waals surface area contributed by atoms with Crippen LogP contribution in [0.1, 0.15) is 5.56 Å². The topological polar surface area (TPSA) is 24.9 Å². The maximum Gasteiger partial charge on any atom is 0.149 e. The minimum Gasteiger partial charge on any atom is -0.339 e. The lowest BCUT2D eigenvalue weighted by molar-refractivity contribution is 1.29. The van der Waals surface area contributed by atoms with Crippen molar-refractivity contribution in [1.82, 2.24) is 4.98 Å². The second kappa shape index (κ2) is 5.71. The smallest absolute Gasteiger partial charge is 0.149 e. The molecule has 0 amide bonds. The monoisotopic (exact) mass is 330 g/mol. The molecule has 0 aliphatic rings. The van der Waals surface area contributed by atoms with Gasteiger partial charge in [-0.1, -0.05) is 23.7 Å². The van der Waals surface area contributed by atoms with Gasteiger partial charge < -0.3 is 5.32 Å². The van der Waals surface area contributed by atoms with Crippen LogP contribution >= 0.6 is 39.1 Å². The van der Waals surface area contributed by atoms with Gasteiger partial charge in [-0.3, -0.25) is 0 Å². The summed E-state index contributed by atoms with van der Waals surface area (Å²) >= 11 is 15.1. The van der Waals surface area contributed by atoms with E-state index in [9.17, 15) is 0 Å². The summed E-state index contributed by atoms with van der Waals surface area (Å²) in [5.41, 5.74) is 2.00. The van der Waals surface area contributed by atoms with E-state index in [0.717, 1.165) is 15.7 Å². The SMILES string of the molecule is ClCc1ccc(Nc2ncc(Br)cc2Cl)cc1. The highest BCUT2D eigenvalue weighted by Crippen LogP contribution is 2.26. The van der Waals surface area contributed by atoms with Crippen molar-refractivity contribution in [2.45, 2.75) is 5.88 Å². The lowest BCUT2D eigenvalue weighted by Crippen LogP contribution is -1.94. The molecule has 2 nitrogen and oxygen atoms in total. The predicted octanol–water partition coefficient (Wildman–Crippen LogP) is 4.98. The molecule has 17 heavy (non-hydrogen) atoms. The highest BCUT2D eigenvalue weighted by Gasteiger charge is 2.03. The second-order valence-corrected chi connectivity index (χ2v) is 5.03.